The van der Waals surface area contributed by atoms with E-state index in [0.717, 1.165) is 12.1 Å². The number of hydrogen-bond donors (Lipinski definition) is 2. The summed E-state index contributed by atoms with van der Waals surface area (Å²) in [6.07, 6.45) is 5.17. The van der Waals surface area contributed by atoms with E-state index < -0.39 is 5.91 Å². The van der Waals surface area contributed by atoms with Crippen molar-refractivity contribution in [3.05, 3.63) is 23.8 Å². The summed E-state index contributed by atoms with van der Waals surface area (Å²) >= 11 is 0. The van der Waals surface area contributed by atoms with Gasteiger partial charge in [0.2, 0.25) is 0 Å². The van der Waals surface area contributed by atoms with E-state index >= 15 is 0 Å². The quantitative estimate of drug-likeness (QED) is 0.768. The molecule has 1 fully saturated rings. The monoisotopic (exact) mass is 292 g/mol. The lowest BCUT2D eigenvalue weighted by atomic mass is 10.1. The molecule has 0 saturated heterocycles. The van der Waals surface area contributed by atoms with E-state index in [1.54, 1.807) is 0 Å². The van der Waals surface area contributed by atoms with Gasteiger partial charge in [-0.05, 0) is 37.5 Å². The van der Waals surface area contributed by atoms with Crippen molar-refractivity contribution in [1.82, 2.24) is 5.32 Å². The van der Waals surface area contributed by atoms with Crippen molar-refractivity contribution in [2.45, 2.75) is 45.2 Å². The third-order valence-corrected chi connectivity index (χ3v) is 3.63. The summed E-state index contributed by atoms with van der Waals surface area (Å²) in [5.74, 6) is 0.717. The zero-order chi connectivity index (χ0) is 15.1. The van der Waals surface area contributed by atoms with Gasteiger partial charge < -0.3 is 20.5 Å². The Morgan fingerprint density at radius 1 is 1.29 bits per heavy atom. The Morgan fingerprint density at radius 2 is 2.05 bits per heavy atom. The first-order valence-electron chi connectivity index (χ1n) is 7.59. The maximum Gasteiger partial charge on any atom is 0.255 e. The van der Waals surface area contributed by atoms with Gasteiger partial charge in [0.1, 0.15) is 0 Å². The van der Waals surface area contributed by atoms with Crippen molar-refractivity contribution in [2.75, 3.05) is 13.2 Å². The highest BCUT2D eigenvalue weighted by atomic mass is 16.5. The van der Waals surface area contributed by atoms with Gasteiger partial charge in [0.05, 0.1) is 6.61 Å². The first-order chi connectivity index (χ1) is 10.2. The standard InChI is InChI=1S/C16H24N2O3/c1-2-20-15-9-12(10-18-13-5-3-4-6-13)7-8-14(15)21-11-16(17)19/h7-9,13,18H,2-6,10-11H2,1H3,(H2,17,19). The van der Waals surface area contributed by atoms with Crippen LogP contribution in [0.2, 0.25) is 0 Å². The maximum atomic E-state index is 10.8. The molecule has 0 unspecified atom stereocenters. The molecule has 1 aromatic rings. The number of nitrogens with one attached hydrogen (secondary N) is 1. The Balaban J connectivity index is 1.98. The summed E-state index contributed by atoms with van der Waals surface area (Å²) in [5, 5.41) is 3.57. The van der Waals surface area contributed by atoms with Gasteiger partial charge in [0, 0.05) is 12.6 Å². The second-order valence-corrected chi connectivity index (χ2v) is 5.33. The summed E-state index contributed by atoms with van der Waals surface area (Å²) in [5.41, 5.74) is 6.25. The average molecular weight is 292 g/mol. The highest BCUT2D eigenvalue weighted by Gasteiger charge is 2.14. The lowest BCUT2D eigenvalue weighted by molar-refractivity contribution is -0.119. The number of amides is 1. The third-order valence-electron chi connectivity index (χ3n) is 3.63. The van der Waals surface area contributed by atoms with E-state index in [2.05, 4.69) is 5.32 Å². The molecule has 1 aromatic carbocycles. The zero-order valence-corrected chi connectivity index (χ0v) is 12.6. The number of primary amides is 1. The fraction of sp³-hybridized carbons (Fsp3) is 0.562. The summed E-state index contributed by atoms with van der Waals surface area (Å²) in [6, 6.07) is 6.41. The molecule has 0 bridgehead atoms. The van der Waals surface area contributed by atoms with E-state index in [1.807, 2.05) is 25.1 Å². The van der Waals surface area contributed by atoms with E-state index in [1.165, 1.54) is 25.7 Å². The van der Waals surface area contributed by atoms with E-state index in [9.17, 15) is 4.79 Å². The van der Waals surface area contributed by atoms with Gasteiger partial charge in [-0.25, -0.2) is 0 Å². The molecule has 1 aliphatic carbocycles. The van der Waals surface area contributed by atoms with Crippen LogP contribution < -0.4 is 20.5 Å². The largest absolute Gasteiger partial charge is 0.490 e. The molecular weight excluding hydrogens is 268 g/mol. The molecule has 1 saturated carbocycles. The average Bonchev–Trinajstić information content (AvgIpc) is 2.97. The zero-order valence-electron chi connectivity index (χ0n) is 12.6. The second-order valence-electron chi connectivity index (χ2n) is 5.33. The fourth-order valence-electron chi connectivity index (χ4n) is 2.59. The summed E-state index contributed by atoms with van der Waals surface area (Å²) < 4.78 is 10.9. The van der Waals surface area contributed by atoms with Crippen molar-refractivity contribution < 1.29 is 14.3 Å². The smallest absolute Gasteiger partial charge is 0.255 e. The predicted molar refractivity (Wildman–Crippen MR) is 81.4 cm³/mol. The molecule has 5 nitrogen and oxygen atoms in total. The minimum atomic E-state index is -0.496. The first kappa shape index (κ1) is 15.6. The third kappa shape index (κ3) is 4.93. The summed E-state index contributed by atoms with van der Waals surface area (Å²) in [6.45, 7) is 3.15. The molecule has 0 heterocycles. The lowest BCUT2D eigenvalue weighted by Crippen LogP contribution is -2.25. The van der Waals surface area contributed by atoms with Gasteiger partial charge in [-0.15, -0.1) is 0 Å². The van der Waals surface area contributed by atoms with Crippen LogP contribution in [0, 0.1) is 0 Å². The highest BCUT2D eigenvalue weighted by Crippen LogP contribution is 2.28. The Hall–Kier alpha value is -1.75. The minimum Gasteiger partial charge on any atom is -0.490 e. The molecule has 0 aromatic heterocycles. The van der Waals surface area contributed by atoms with Crippen LogP contribution in [-0.4, -0.2) is 25.2 Å². The number of benzene rings is 1. The van der Waals surface area contributed by atoms with Crippen molar-refractivity contribution in [3.63, 3.8) is 0 Å². The van der Waals surface area contributed by atoms with Crippen LogP contribution in [0.1, 0.15) is 38.2 Å². The first-order valence-corrected chi connectivity index (χ1v) is 7.59. The normalized spacial score (nSPS) is 15.1. The van der Waals surface area contributed by atoms with Crippen LogP contribution in [0.5, 0.6) is 11.5 Å². The number of ether oxygens (including phenoxy) is 2. The van der Waals surface area contributed by atoms with Crippen LogP contribution in [0.15, 0.2) is 18.2 Å². The van der Waals surface area contributed by atoms with Crippen molar-refractivity contribution in [1.29, 1.82) is 0 Å². The number of nitrogens with two attached hydrogens (primary N) is 1. The SMILES string of the molecule is CCOc1cc(CNC2CCCC2)ccc1OCC(N)=O. The van der Waals surface area contributed by atoms with Crippen LogP contribution in [0.3, 0.4) is 0 Å². The lowest BCUT2D eigenvalue weighted by Gasteiger charge is -2.15. The number of rotatable bonds is 8. The van der Waals surface area contributed by atoms with Crippen molar-refractivity contribution in [3.8, 4) is 11.5 Å². The van der Waals surface area contributed by atoms with Crippen molar-refractivity contribution in [2.24, 2.45) is 5.73 Å². The van der Waals surface area contributed by atoms with E-state index in [4.69, 9.17) is 15.2 Å². The second kappa shape index (κ2) is 7.88. The van der Waals surface area contributed by atoms with E-state index in [-0.39, 0.29) is 6.61 Å². The van der Waals surface area contributed by atoms with Crippen molar-refractivity contribution >= 4 is 5.91 Å². The number of carbonyl (C=O) groups excluding carboxylic acids is 1. The molecule has 0 radical (unpaired) electrons. The molecule has 1 amide bonds. The predicted octanol–water partition coefficient (Wildman–Crippen LogP) is 1.98. The molecular formula is C16H24N2O3. The molecule has 21 heavy (non-hydrogen) atoms. The highest BCUT2D eigenvalue weighted by molar-refractivity contribution is 5.75. The van der Waals surface area contributed by atoms with E-state index in [0.29, 0.717) is 24.1 Å². The summed E-state index contributed by atoms with van der Waals surface area (Å²) in [7, 11) is 0. The minimum absolute atomic E-state index is 0.139. The molecule has 0 atom stereocenters. The Labute approximate surface area is 125 Å². The Morgan fingerprint density at radius 3 is 2.71 bits per heavy atom. The summed E-state index contributed by atoms with van der Waals surface area (Å²) in [4.78, 5) is 10.8. The van der Waals surface area contributed by atoms with Crippen LogP contribution in [-0.2, 0) is 11.3 Å². The molecule has 0 spiro atoms. The van der Waals surface area contributed by atoms with Gasteiger partial charge in [0.25, 0.3) is 5.91 Å². The van der Waals surface area contributed by atoms with Crippen LogP contribution >= 0.6 is 0 Å². The van der Waals surface area contributed by atoms with Crippen LogP contribution in [0.4, 0.5) is 0 Å². The number of carbonyl (C=O) groups is 1. The number of hydrogen-bond acceptors (Lipinski definition) is 4. The molecule has 0 aliphatic heterocycles. The molecule has 116 valence electrons. The molecule has 3 N–H and O–H groups in total. The molecule has 1 aliphatic rings. The van der Waals surface area contributed by atoms with Gasteiger partial charge >= 0.3 is 0 Å². The van der Waals surface area contributed by atoms with Gasteiger partial charge in [-0.1, -0.05) is 18.9 Å². The maximum absolute atomic E-state index is 10.8. The van der Waals surface area contributed by atoms with Gasteiger partial charge in [-0.3, -0.25) is 4.79 Å². The molecule has 5 heteroatoms. The fourth-order valence-corrected chi connectivity index (χ4v) is 2.59. The van der Waals surface area contributed by atoms with Crippen LogP contribution in [0.25, 0.3) is 0 Å². The topological polar surface area (TPSA) is 73.6 Å². The van der Waals surface area contributed by atoms with Gasteiger partial charge in [-0.2, -0.15) is 0 Å². The Kier molecular flexibility index (Phi) is 5.87. The Bertz CT molecular complexity index is 471. The van der Waals surface area contributed by atoms with Gasteiger partial charge in [0.15, 0.2) is 18.1 Å². The molecule has 2 rings (SSSR count).